The molecule has 1 heterocycles. The molecule has 0 spiro atoms. The molecule has 5 heteroatoms. The molecular weight excluding hydrogens is 384 g/mol. The maximum Gasteiger partial charge on any atom is 0.231 e. The summed E-state index contributed by atoms with van der Waals surface area (Å²) in [5.41, 5.74) is 3.29. The summed E-state index contributed by atoms with van der Waals surface area (Å²) in [5.74, 6) is 1.24. The lowest BCUT2D eigenvalue weighted by Crippen LogP contribution is -2.42. The van der Waals surface area contributed by atoms with E-state index < -0.39 is 0 Å². The molecule has 29 heavy (non-hydrogen) atoms. The van der Waals surface area contributed by atoms with Crippen LogP contribution in [0.15, 0.2) is 42.5 Å². The van der Waals surface area contributed by atoms with Crippen LogP contribution in [0.3, 0.4) is 0 Å². The van der Waals surface area contributed by atoms with Crippen LogP contribution < -0.4 is 9.64 Å². The molecule has 2 aromatic rings. The van der Waals surface area contributed by atoms with E-state index in [2.05, 4.69) is 30.9 Å². The van der Waals surface area contributed by atoms with Gasteiger partial charge >= 0.3 is 0 Å². The number of ether oxygens (including phenoxy) is 1. The Labute approximate surface area is 179 Å². The zero-order valence-corrected chi connectivity index (χ0v) is 18.7. The molecule has 0 fully saturated rings. The van der Waals surface area contributed by atoms with Crippen molar-refractivity contribution in [2.24, 2.45) is 11.8 Å². The zero-order chi connectivity index (χ0) is 21.1. The molecule has 0 bridgehead atoms. The number of likely N-dealkylation sites (N-methyl/N-ethyl adjacent to an activating group) is 1. The molecule has 2 aromatic carbocycles. The summed E-state index contributed by atoms with van der Waals surface area (Å²) >= 11 is 6.35. The maximum absolute atomic E-state index is 13.8. The predicted molar refractivity (Wildman–Crippen MR) is 120 cm³/mol. The van der Waals surface area contributed by atoms with Crippen LogP contribution in [0.5, 0.6) is 5.75 Å². The van der Waals surface area contributed by atoms with Gasteiger partial charge in [-0.1, -0.05) is 37.6 Å². The zero-order valence-electron chi connectivity index (χ0n) is 18.0. The van der Waals surface area contributed by atoms with Gasteiger partial charge in [0.25, 0.3) is 0 Å². The van der Waals surface area contributed by atoms with Gasteiger partial charge in [0.1, 0.15) is 5.75 Å². The number of carbonyl (C=O) groups is 1. The highest BCUT2D eigenvalue weighted by Crippen LogP contribution is 2.42. The standard InChI is InChI=1S/C24H31ClN2O2/c1-16(2)23-21(17-6-9-20(29-5)10-7-17)15-18-14-19(25)8-11-22(18)27(24(23)28)13-12-26(3)4/h6-11,14,16,21,23H,12-13,15H2,1-5H3. The van der Waals surface area contributed by atoms with Crippen molar-refractivity contribution in [1.29, 1.82) is 0 Å². The van der Waals surface area contributed by atoms with Crippen molar-refractivity contribution in [3.63, 3.8) is 0 Å². The van der Waals surface area contributed by atoms with Gasteiger partial charge in [0.05, 0.1) is 7.11 Å². The summed E-state index contributed by atoms with van der Waals surface area (Å²) < 4.78 is 5.32. The van der Waals surface area contributed by atoms with Crippen molar-refractivity contribution in [3.05, 3.63) is 58.6 Å². The van der Waals surface area contributed by atoms with Crippen LogP contribution in [-0.2, 0) is 11.2 Å². The molecule has 2 unspecified atom stereocenters. The van der Waals surface area contributed by atoms with Crippen molar-refractivity contribution in [1.82, 2.24) is 4.90 Å². The molecule has 2 atom stereocenters. The molecule has 3 rings (SSSR count). The Bertz CT molecular complexity index is 848. The minimum atomic E-state index is -0.100. The number of methoxy groups -OCH3 is 1. The van der Waals surface area contributed by atoms with E-state index >= 15 is 0 Å². The van der Waals surface area contributed by atoms with Crippen LogP contribution in [0.1, 0.15) is 30.9 Å². The Morgan fingerprint density at radius 3 is 2.45 bits per heavy atom. The molecule has 1 aliphatic heterocycles. The number of hydrogen-bond acceptors (Lipinski definition) is 3. The fourth-order valence-electron chi connectivity index (χ4n) is 4.27. The van der Waals surface area contributed by atoms with Crippen LogP contribution in [0.25, 0.3) is 0 Å². The van der Waals surface area contributed by atoms with E-state index in [1.54, 1.807) is 7.11 Å². The third kappa shape index (κ3) is 4.76. The Kier molecular flexibility index (Phi) is 6.86. The van der Waals surface area contributed by atoms with Crippen molar-refractivity contribution >= 4 is 23.2 Å². The van der Waals surface area contributed by atoms with Crippen molar-refractivity contribution in [3.8, 4) is 5.75 Å². The van der Waals surface area contributed by atoms with E-state index in [1.165, 1.54) is 5.56 Å². The van der Waals surface area contributed by atoms with E-state index in [4.69, 9.17) is 16.3 Å². The molecule has 4 nitrogen and oxygen atoms in total. The fraction of sp³-hybridized carbons (Fsp3) is 0.458. The summed E-state index contributed by atoms with van der Waals surface area (Å²) in [6, 6.07) is 14.0. The van der Waals surface area contributed by atoms with Crippen molar-refractivity contribution in [2.75, 3.05) is 39.2 Å². The summed E-state index contributed by atoms with van der Waals surface area (Å²) in [6.07, 6.45) is 0.787. The largest absolute Gasteiger partial charge is 0.497 e. The molecular formula is C24H31ClN2O2. The average molecular weight is 415 g/mol. The first-order valence-corrected chi connectivity index (χ1v) is 10.6. The number of benzene rings is 2. The van der Waals surface area contributed by atoms with Crippen LogP contribution in [0.4, 0.5) is 5.69 Å². The number of carbonyl (C=O) groups excluding carboxylic acids is 1. The van der Waals surface area contributed by atoms with Gasteiger partial charge in [-0.05, 0) is 73.8 Å². The van der Waals surface area contributed by atoms with Gasteiger partial charge < -0.3 is 14.5 Å². The SMILES string of the molecule is COc1ccc(C2Cc3cc(Cl)ccc3N(CCN(C)C)C(=O)C2C(C)C)cc1. The van der Waals surface area contributed by atoms with E-state index in [-0.39, 0.29) is 23.7 Å². The van der Waals surface area contributed by atoms with Crippen LogP contribution in [0.2, 0.25) is 5.02 Å². The number of fused-ring (bicyclic) bond motifs is 1. The number of anilines is 1. The smallest absolute Gasteiger partial charge is 0.231 e. The van der Waals surface area contributed by atoms with Gasteiger partial charge in [0.2, 0.25) is 5.91 Å². The Morgan fingerprint density at radius 2 is 1.86 bits per heavy atom. The van der Waals surface area contributed by atoms with Crippen LogP contribution in [-0.4, -0.2) is 45.1 Å². The van der Waals surface area contributed by atoms with E-state index in [1.807, 2.05) is 49.3 Å². The van der Waals surface area contributed by atoms with E-state index in [0.717, 1.165) is 30.0 Å². The highest BCUT2D eigenvalue weighted by atomic mass is 35.5. The van der Waals surface area contributed by atoms with Gasteiger partial charge in [-0.15, -0.1) is 0 Å². The second-order valence-electron chi connectivity index (χ2n) is 8.42. The lowest BCUT2D eigenvalue weighted by atomic mass is 9.76. The Morgan fingerprint density at radius 1 is 1.17 bits per heavy atom. The Hall–Kier alpha value is -2.04. The normalized spacial score (nSPS) is 19.4. The van der Waals surface area contributed by atoms with Crippen molar-refractivity contribution in [2.45, 2.75) is 26.2 Å². The lowest BCUT2D eigenvalue weighted by Gasteiger charge is -2.31. The average Bonchev–Trinajstić information content (AvgIpc) is 2.80. The molecule has 0 aliphatic carbocycles. The van der Waals surface area contributed by atoms with Gasteiger partial charge in [-0.3, -0.25) is 4.79 Å². The minimum Gasteiger partial charge on any atom is -0.497 e. The van der Waals surface area contributed by atoms with Crippen molar-refractivity contribution < 1.29 is 9.53 Å². The molecule has 1 aliphatic rings. The first kappa shape index (κ1) is 21.7. The molecule has 156 valence electrons. The summed E-state index contributed by atoms with van der Waals surface area (Å²) in [5, 5.41) is 0.709. The molecule has 1 amide bonds. The summed E-state index contributed by atoms with van der Waals surface area (Å²) in [4.78, 5) is 17.9. The van der Waals surface area contributed by atoms with E-state index in [0.29, 0.717) is 11.6 Å². The third-order valence-corrected chi connectivity index (χ3v) is 6.02. The number of nitrogens with zero attached hydrogens (tertiary/aromatic N) is 2. The van der Waals surface area contributed by atoms with Gasteiger partial charge in [0, 0.05) is 29.7 Å². The molecule has 0 saturated carbocycles. The van der Waals surface area contributed by atoms with Gasteiger partial charge in [-0.2, -0.15) is 0 Å². The second kappa shape index (κ2) is 9.19. The summed E-state index contributed by atoms with van der Waals surface area (Å²) in [6.45, 7) is 5.77. The number of halogens is 1. The highest BCUT2D eigenvalue weighted by Gasteiger charge is 2.39. The number of amides is 1. The second-order valence-corrected chi connectivity index (χ2v) is 8.86. The van der Waals surface area contributed by atoms with E-state index in [9.17, 15) is 4.79 Å². The lowest BCUT2D eigenvalue weighted by molar-refractivity contribution is -0.124. The first-order chi connectivity index (χ1) is 13.8. The number of hydrogen-bond donors (Lipinski definition) is 0. The van der Waals surface area contributed by atoms with Gasteiger partial charge in [0.15, 0.2) is 0 Å². The van der Waals surface area contributed by atoms with Crippen LogP contribution >= 0.6 is 11.6 Å². The Balaban J connectivity index is 2.09. The molecule has 0 aromatic heterocycles. The monoisotopic (exact) mass is 414 g/mol. The topological polar surface area (TPSA) is 32.8 Å². The molecule has 0 saturated heterocycles. The summed E-state index contributed by atoms with van der Waals surface area (Å²) in [7, 11) is 5.73. The maximum atomic E-state index is 13.8. The quantitative estimate of drug-likeness (QED) is 0.677. The molecule has 0 radical (unpaired) electrons. The number of rotatable bonds is 6. The first-order valence-electron chi connectivity index (χ1n) is 10.2. The third-order valence-electron chi connectivity index (χ3n) is 5.79. The fourth-order valence-corrected chi connectivity index (χ4v) is 4.47. The minimum absolute atomic E-state index is 0.0926. The van der Waals surface area contributed by atoms with Gasteiger partial charge in [-0.25, -0.2) is 0 Å². The highest BCUT2D eigenvalue weighted by molar-refractivity contribution is 6.30. The predicted octanol–water partition coefficient (Wildman–Crippen LogP) is 4.86. The molecule has 0 N–H and O–H groups in total. The van der Waals surface area contributed by atoms with Crippen LogP contribution in [0, 0.1) is 11.8 Å².